The van der Waals surface area contributed by atoms with Gasteiger partial charge in [0.2, 0.25) is 0 Å². The molecule has 4 heteroatoms. The summed E-state index contributed by atoms with van der Waals surface area (Å²) in [5.74, 6) is 0. The van der Waals surface area contributed by atoms with Crippen molar-refractivity contribution < 1.29 is 4.74 Å². The summed E-state index contributed by atoms with van der Waals surface area (Å²) in [5.41, 5.74) is 10.5. The predicted molar refractivity (Wildman–Crippen MR) is 93.9 cm³/mol. The lowest BCUT2D eigenvalue weighted by atomic mass is 10.1. The van der Waals surface area contributed by atoms with Crippen LogP contribution in [0.25, 0.3) is 0 Å². The number of morpholine rings is 1. The fourth-order valence-corrected chi connectivity index (χ4v) is 2.83. The molecule has 2 aromatic carbocycles. The van der Waals surface area contributed by atoms with Gasteiger partial charge in [-0.05, 0) is 28.8 Å². The van der Waals surface area contributed by atoms with E-state index in [-0.39, 0.29) is 0 Å². The van der Waals surface area contributed by atoms with E-state index in [4.69, 9.17) is 10.5 Å². The Labute approximate surface area is 138 Å². The molecule has 0 aromatic heterocycles. The van der Waals surface area contributed by atoms with Crippen molar-refractivity contribution >= 4 is 5.69 Å². The zero-order valence-corrected chi connectivity index (χ0v) is 13.5. The molecule has 2 aromatic rings. The Hall–Kier alpha value is -1.88. The number of anilines is 1. The van der Waals surface area contributed by atoms with Crippen LogP contribution in [0.5, 0.6) is 0 Å². The largest absolute Gasteiger partial charge is 0.399 e. The molecular weight excluding hydrogens is 286 g/mol. The van der Waals surface area contributed by atoms with E-state index < -0.39 is 0 Å². The van der Waals surface area contributed by atoms with Gasteiger partial charge in [-0.1, -0.05) is 36.4 Å². The van der Waals surface area contributed by atoms with Gasteiger partial charge < -0.3 is 15.8 Å². The number of nitrogens with zero attached hydrogens (tertiary/aromatic N) is 1. The molecule has 0 spiro atoms. The lowest BCUT2D eigenvalue weighted by molar-refractivity contribution is 0.0342. The molecule has 1 saturated heterocycles. The third-order valence-electron chi connectivity index (χ3n) is 4.14. The van der Waals surface area contributed by atoms with E-state index in [1.165, 1.54) is 16.7 Å². The first-order valence-corrected chi connectivity index (χ1v) is 8.23. The van der Waals surface area contributed by atoms with Gasteiger partial charge in [-0.25, -0.2) is 0 Å². The molecule has 1 aliphatic heterocycles. The van der Waals surface area contributed by atoms with Gasteiger partial charge in [-0.15, -0.1) is 0 Å². The maximum absolute atomic E-state index is 5.80. The van der Waals surface area contributed by atoms with E-state index in [1.807, 2.05) is 18.2 Å². The van der Waals surface area contributed by atoms with Crippen LogP contribution in [0.15, 0.2) is 48.5 Å². The average Bonchev–Trinajstić information content (AvgIpc) is 2.58. The van der Waals surface area contributed by atoms with E-state index >= 15 is 0 Å². The fourth-order valence-electron chi connectivity index (χ4n) is 2.83. The van der Waals surface area contributed by atoms with Crippen molar-refractivity contribution in [3.63, 3.8) is 0 Å². The SMILES string of the molecule is Nc1cccc(CNCc2ccc(CN3CCOCC3)cc2)c1. The Balaban J connectivity index is 1.45. The van der Waals surface area contributed by atoms with E-state index in [0.717, 1.165) is 51.6 Å². The quantitative estimate of drug-likeness (QED) is 0.804. The summed E-state index contributed by atoms with van der Waals surface area (Å²) in [7, 11) is 0. The summed E-state index contributed by atoms with van der Waals surface area (Å²) in [6.45, 7) is 6.48. The second-order valence-corrected chi connectivity index (χ2v) is 6.05. The van der Waals surface area contributed by atoms with E-state index in [9.17, 15) is 0 Å². The predicted octanol–water partition coefficient (Wildman–Crippen LogP) is 2.39. The molecule has 0 unspecified atom stereocenters. The highest BCUT2D eigenvalue weighted by Gasteiger charge is 2.10. The summed E-state index contributed by atoms with van der Waals surface area (Å²) < 4.78 is 5.39. The highest BCUT2D eigenvalue weighted by atomic mass is 16.5. The molecular formula is C19H25N3O. The fraction of sp³-hybridized carbons (Fsp3) is 0.368. The maximum Gasteiger partial charge on any atom is 0.0594 e. The Kier molecular flexibility index (Phi) is 5.64. The molecule has 4 nitrogen and oxygen atoms in total. The highest BCUT2D eigenvalue weighted by molar-refractivity contribution is 5.40. The lowest BCUT2D eigenvalue weighted by Crippen LogP contribution is -2.35. The van der Waals surface area contributed by atoms with Crippen molar-refractivity contribution in [2.45, 2.75) is 19.6 Å². The van der Waals surface area contributed by atoms with Crippen molar-refractivity contribution in [1.29, 1.82) is 0 Å². The van der Waals surface area contributed by atoms with Crippen LogP contribution in [0, 0.1) is 0 Å². The van der Waals surface area contributed by atoms with Crippen molar-refractivity contribution in [2.75, 3.05) is 32.0 Å². The van der Waals surface area contributed by atoms with Gasteiger partial charge in [0.15, 0.2) is 0 Å². The van der Waals surface area contributed by atoms with Gasteiger partial charge in [-0.2, -0.15) is 0 Å². The number of ether oxygens (including phenoxy) is 1. The van der Waals surface area contributed by atoms with Crippen LogP contribution in [0.4, 0.5) is 5.69 Å². The van der Waals surface area contributed by atoms with E-state index in [1.54, 1.807) is 0 Å². The highest BCUT2D eigenvalue weighted by Crippen LogP contribution is 2.10. The zero-order valence-electron chi connectivity index (χ0n) is 13.5. The number of hydrogen-bond donors (Lipinski definition) is 2. The first-order valence-electron chi connectivity index (χ1n) is 8.23. The Morgan fingerprint density at radius 3 is 2.35 bits per heavy atom. The molecule has 3 N–H and O–H groups in total. The summed E-state index contributed by atoms with van der Waals surface area (Å²) in [5, 5.41) is 3.46. The van der Waals surface area contributed by atoms with Crippen LogP contribution in [-0.2, 0) is 24.4 Å². The summed E-state index contributed by atoms with van der Waals surface area (Å²) in [6, 6.07) is 16.9. The Morgan fingerprint density at radius 1 is 0.913 bits per heavy atom. The Bertz CT molecular complexity index is 606. The van der Waals surface area contributed by atoms with Gasteiger partial charge >= 0.3 is 0 Å². The van der Waals surface area contributed by atoms with Crippen molar-refractivity contribution in [1.82, 2.24) is 10.2 Å². The number of nitrogens with one attached hydrogen (secondary N) is 1. The van der Waals surface area contributed by atoms with Crippen molar-refractivity contribution in [3.05, 3.63) is 65.2 Å². The molecule has 1 fully saturated rings. The number of nitrogen functional groups attached to an aromatic ring is 1. The van der Waals surface area contributed by atoms with Gasteiger partial charge in [0.05, 0.1) is 13.2 Å². The molecule has 122 valence electrons. The minimum atomic E-state index is 0.816. The second kappa shape index (κ2) is 8.11. The van der Waals surface area contributed by atoms with Crippen LogP contribution >= 0.6 is 0 Å². The van der Waals surface area contributed by atoms with Crippen LogP contribution < -0.4 is 11.1 Å². The molecule has 1 heterocycles. The number of rotatable bonds is 6. The first-order chi connectivity index (χ1) is 11.3. The standard InChI is InChI=1S/C19H25N3O/c20-19-3-1-2-18(12-19)14-21-13-16-4-6-17(7-5-16)15-22-8-10-23-11-9-22/h1-7,12,21H,8-11,13-15,20H2. The van der Waals surface area contributed by atoms with Crippen LogP contribution in [-0.4, -0.2) is 31.2 Å². The monoisotopic (exact) mass is 311 g/mol. The molecule has 3 rings (SSSR count). The van der Waals surface area contributed by atoms with Gasteiger partial charge in [0, 0.05) is 38.4 Å². The summed E-state index contributed by atoms with van der Waals surface area (Å²) >= 11 is 0. The molecule has 0 aliphatic carbocycles. The molecule has 0 atom stereocenters. The van der Waals surface area contributed by atoms with Crippen LogP contribution in [0.3, 0.4) is 0 Å². The van der Waals surface area contributed by atoms with E-state index in [2.05, 4.69) is 40.5 Å². The minimum Gasteiger partial charge on any atom is -0.399 e. The third-order valence-corrected chi connectivity index (χ3v) is 4.14. The lowest BCUT2D eigenvalue weighted by Gasteiger charge is -2.26. The average molecular weight is 311 g/mol. The topological polar surface area (TPSA) is 50.5 Å². The van der Waals surface area contributed by atoms with Crippen LogP contribution in [0.1, 0.15) is 16.7 Å². The van der Waals surface area contributed by atoms with Crippen molar-refractivity contribution in [2.24, 2.45) is 0 Å². The Morgan fingerprint density at radius 2 is 1.61 bits per heavy atom. The molecule has 0 radical (unpaired) electrons. The third kappa shape index (κ3) is 5.06. The van der Waals surface area contributed by atoms with Gasteiger partial charge in [0.1, 0.15) is 0 Å². The van der Waals surface area contributed by atoms with E-state index in [0.29, 0.717) is 0 Å². The summed E-state index contributed by atoms with van der Waals surface area (Å²) in [4.78, 5) is 2.44. The smallest absolute Gasteiger partial charge is 0.0594 e. The van der Waals surface area contributed by atoms with Gasteiger partial charge in [0.25, 0.3) is 0 Å². The first kappa shape index (κ1) is 16.0. The molecule has 0 amide bonds. The number of hydrogen-bond acceptors (Lipinski definition) is 4. The normalized spacial score (nSPS) is 15.7. The minimum absolute atomic E-state index is 0.816. The number of benzene rings is 2. The second-order valence-electron chi connectivity index (χ2n) is 6.05. The van der Waals surface area contributed by atoms with Crippen LogP contribution in [0.2, 0.25) is 0 Å². The summed E-state index contributed by atoms with van der Waals surface area (Å²) in [6.07, 6.45) is 0. The van der Waals surface area contributed by atoms with Crippen molar-refractivity contribution in [3.8, 4) is 0 Å². The molecule has 0 saturated carbocycles. The zero-order chi connectivity index (χ0) is 15.9. The van der Waals surface area contributed by atoms with Gasteiger partial charge in [-0.3, -0.25) is 4.90 Å². The maximum atomic E-state index is 5.80. The molecule has 1 aliphatic rings. The molecule has 23 heavy (non-hydrogen) atoms. The number of nitrogens with two attached hydrogens (primary N) is 1. The molecule has 0 bridgehead atoms.